The molecule has 0 N–H and O–H groups in total. The van der Waals surface area contributed by atoms with Crippen LogP contribution < -0.4 is 0 Å². The standard InChI is InChI=1S/C8H9ClF3N/c1-5-7(9)3-6(4-13(5)2)8(10,11)12/h3H,4H2,1-2H3. The summed E-state index contributed by atoms with van der Waals surface area (Å²) in [6.45, 7) is 1.55. The third kappa shape index (κ3) is 2.18. The fourth-order valence-corrected chi connectivity index (χ4v) is 1.31. The van der Waals surface area contributed by atoms with Crippen molar-refractivity contribution < 1.29 is 13.2 Å². The van der Waals surface area contributed by atoms with Gasteiger partial charge in [0.15, 0.2) is 0 Å². The van der Waals surface area contributed by atoms with Gasteiger partial charge in [0, 0.05) is 19.3 Å². The number of likely N-dealkylation sites (N-methyl/N-ethyl adjacent to an activating group) is 1. The molecule has 0 atom stereocenters. The van der Waals surface area contributed by atoms with Crippen LogP contribution in [0.25, 0.3) is 0 Å². The number of hydrogen-bond acceptors (Lipinski definition) is 1. The van der Waals surface area contributed by atoms with Crippen molar-refractivity contribution in [3.8, 4) is 0 Å². The van der Waals surface area contributed by atoms with Gasteiger partial charge >= 0.3 is 6.18 Å². The summed E-state index contributed by atoms with van der Waals surface area (Å²) in [5.74, 6) is 0. The minimum Gasteiger partial charge on any atom is -0.373 e. The van der Waals surface area contributed by atoms with E-state index < -0.39 is 11.7 Å². The SMILES string of the molecule is CC1=C(Cl)C=C(C(F)(F)F)CN1C. The highest BCUT2D eigenvalue weighted by atomic mass is 35.5. The van der Waals surface area contributed by atoms with Crippen molar-refractivity contribution in [1.29, 1.82) is 0 Å². The molecule has 0 spiro atoms. The minimum absolute atomic E-state index is 0.133. The van der Waals surface area contributed by atoms with E-state index in [2.05, 4.69) is 0 Å². The second-order valence-corrected chi connectivity index (χ2v) is 3.36. The van der Waals surface area contributed by atoms with Crippen LogP contribution in [-0.4, -0.2) is 24.7 Å². The maximum absolute atomic E-state index is 12.2. The first-order valence-corrected chi connectivity index (χ1v) is 4.05. The molecule has 0 bridgehead atoms. The van der Waals surface area contributed by atoms with E-state index >= 15 is 0 Å². The van der Waals surface area contributed by atoms with Crippen LogP contribution in [0.2, 0.25) is 0 Å². The summed E-state index contributed by atoms with van der Waals surface area (Å²) < 4.78 is 36.7. The number of rotatable bonds is 0. The van der Waals surface area contributed by atoms with Gasteiger partial charge in [-0.25, -0.2) is 0 Å². The molecule has 1 heterocycles. The Kier molecular flexibility index (Phi) is 2.61. The van der Waals surface area contributed by atoms with Crippen molar-refractivity contribution in [3.63, 3.8) is 0 Å². The summed E-state index contributed by atoms with van der Waals surface area (Å²) >= 11 is 5.62. The Bertz CT molecular complexity index is 278. The summed E-state index contributed by atoms with van der Waals surface area (Å²) in [5, 5.41) is 0.154. The molecule has 0 saturated carbocycles. The van der Waals surface area contributed by atoms with Crippen molar-refractivity contribution >= 4 is 11.6 Å². The van der Waals surface area contributed by atoms with Crippen molar-refractivity contribution in [3.05, 3.63) is 22.4 Å². The Morgan fingerprint density at radius 1 is 1.46 bits per heavy atom. The summed E-state index contributed by atoms with van der Waals surface area (Å²) in [6, 6.07) is 0. The van der Waals surface area contributed by atoms with Crippen LogP contribution in [0, 0.1) is 0 Å². The van der Waals surface area contributed by atoms with Gasteiger partial charge in [-0.15, -0.1) is 0 Å². The van der Waals surface area contributed by atoms with Gasteiger partial charge in [-0.1, -0.05) is 11.6 Å². The van der Waals surface area contributed by atoms with Gasteiger partial charge in [-0.05, 0) is 13.0 Å². The number of alkyl halides is 3. The van der Waals surface area contributed by atoms with Crippen LogP contribution in [0.3, 0.4) is 0 Å². The van der Waals surface area contributed by atoms with Gasteiger partial charge in [-0.2, -0.15) is 13.2 Å². The quantitative estimate of drug-likeness (QED) is 0.596. The molecule has 0 aromatic heterocycles. The first-order valence-electron chi connectivity index (χ1n) is 3.67. The lowest BCUT2D eigenvalue weighted by Crippen LogP contribution is -2.29. The van der Waals surface area contributed by atoms with E-state index in [0.717, 1.165) is 6.08 Å². The lowest BCUT2D eigenvalue weighted by atomic mass is 10.1. The lowest BCUT2D eigenvalue weighted by Gasteiger charge is -2.27. The van der Waals surface area contributed by atoms with Gasteiger partial charge in [0.2, 0.25) is 0 Å². The molecule has 0 fully saturated rings. The molecule has 0 aromatic carbocycles. The summed E-state index contributed by atoms with van der Waals surface area (Å²) in [5.41, 5.74) is 0.0558. The predicted molar refractivity (Wildman–Crippen MR) is 45.3 cm³/mol. The van der Waals surface area contributed by atoms with E-state index in [4.69, 9.17) is 11.6 Å². The zero-order valence-corrected chi connectivity index (χ0v) is 8.00. The fourth-order valence-electron chi connectivity index (χ4n) is 1.03. The van der Waals surface area contributed by atoms with E-state index in [1.54, 1.807) is 14.0 Å². The van der Waals surface area contributed by atoms with Crippen molar-refractivity contribution in [2.24, 2.45) is 0 Å². The van der Waals surface area contributed by atoms with Gasteiger partial charge in [0.25, 0.3) is 0 Å². The minimum atomic E-state index is -4.28. The topological polar surface area (TPSA) is 3.24 Å². The average Bonchev–Trinajstić information content (AvgIpc) is 1.97. The zero-order chi connectivity index (χ0) is 10.2. The Morgan fingerprint density at radius 2 is 2.00 bits per heavy atom. The molecule has 1 rings (SSSR count). The molecule has 13 heavy (non-hydrogen) atoms. The van der Waals surface area contributed by atoms with Gasteiger partial charge in [0.1, 0.15) is 0 Å². The number of nitrogens with zero attached hydrogens (tertiary/aromatic N) is 1. The highest BCUT2D eigenvalue weighted by Gasteiger charge is 2.35. The number of hydrogen-bond donors (Lipinski definition) is 0. The van der Waals surface area contributed by atoms with Crippen LogP contribution in [0.1, 0.15) is 6.92 Å². The smallest absolute Gasteiger partial charge is 0.373 e. The first kappa shape index (κ1) is 10.4. The highest BCUT2D eigenvalue weighted by molar-refractivity contribution is 6.31. The maximum Gasteiger partial charge on any atom is 0.414 e. The Hall–Kier alpha value is -0.640. The molecular weight excluding hydrogens is 203 g/mol. The molecule has 1 aliphatic rings. The fraction of sp³-hybridized carbons (Fsp3) is 0.500. The van der Waals surface area contributed by atoms with Gasteiger partial charge < -0.3 is 4.90 Å². The summed E-state index contributed by atoms with van der Waals surface area (Å²) in [7, 11) is 1.58. The Balaban J connectivity index is 3.00. The van der Waals surface area contributed by atoms with E-state index in [0.29, 0.717) is 5.70 Å². The van der Waals surface area contributed by atoms with Gasteiger partial charge in [0.05, 0.1) is 10.6 Å². The molecule has 0 unspecified atom stereocenters. The van der Waals surface area contributed by atoms with E-state index in [1.165, 1.54) is 4.90 Å². The predicted octanol–water partition coefficient (Wildman–Crippen LogP) is 2.89. The monoisotopic (exact) mass is 211 g/mol. The van der Waals surface area contributed by atoms with E-state index in [9.17, 15) is 13.2 Å². The van der Waals surface area contributed by atoms with Gasteiger partial charge in [-0.3, -0.25) is 0 Å². The van der Waals surface area contributed by atoms with Crippen molar-refractivity contribution in [2.75, 3.05) is 13.6 Å². The van der Waals surface area contributed by atoms with Crippen LogP contribution >= 0.6 is 11.6 Å². The molecule has 0 aliphatic carbocycles. The van der Waals surface area contributed by atoms with Crippen LogP contribution in [0.4, 0.5) is 13.2 Å². The molecule has 74 valence electrons. The highest BCUT2D eigenvalue weighted by Crippen LogP contribution is 2.32. The lowest BCUT2D eigenvalue weighted by molar-refractivity contribution is -0.0951. The molecule has 0 amide bonds. The number of allylic oxidation sites excluding steroid dienone is 3. The Morgan fingerprint density at radius 3 is 2.38 bits per heavy atom. The second kappa shape index (κ2) is 3.25. The molecular formula is C8H9ClF3N. The largest absolute Gasteiger partial charge is 0.414 e. The third-order valence-corrected chi connectivity index (χ3v) is 2.37. The summed E-state index contributed by atoms with van der Waals surface area (Å²) in [4.78, 5) is 1.48. The van der Waals surface area contributed by atoms with Crippen molar-refractivity contribution in [2.45, 2.75) is 13.1 Å². The van der Waals surface area contributed by atoms with Crippen LogP contribution in [0.15, 0.2) is 22.4 Å². The van der Waals surface area contributed by atoms with Crippen LogP contribution in [0.5, 0.6) is 0 Å². The maximum atomic E-state index is 12.2. The first-order chi connectivity index (χ1) is 5.82. The molecule has 1 nitrogen and oxygen atoms in total. The molecule has 0 saturated heterocycles. The molecule has 0 aromatic rings. The second-order valence-electron chi connectivity index (χ2n) is 2.96. The van der Waals surface area contributed by atoms with E-state index in [1.807, 2.05) is 0 Å². The Labute approximate surface area is 79.5 Å². The average molecular weight is 212 g/mol. The molecule has 0 radical (unpaired) electrons. The number of halogens is 4. The summed E-state index contributed by atoms with van der Waals surface area (Å²) in [6.07, 6.45) is -3.30. The van der Waals surface area contributed by atoms with Crippen molar-refractivity contribution in [1.82, 2.24) is 4.90 Å². The normalized spacial score (nSPS) is 19.2. The third-order valence-electron chi connectivity index (χ3n) is 1.99. The zero-order valence-electron chi connectivity index (χ0n) is 7.24. The molecule has 1 aliphatic heterocycles. The van der Waals surface area contributed by atoms with E-state index in [-0.39, 0.29) is 11.6 Å². The molecule has 5 heteroatoms. The van der Waals surface area contributed by atoms with Crippen LogP contribution in [-0.2, 0) is 0 Å².